The Balaban J connectivity index is 1.58. The molecule has 0 saturated carbocycles. The first-order valence-corrected chi connectivity index (χ1v) is 12.2. The SMILES string of the molecule is C[C@H]1CN(c2oc(-c3ccc(S(=O)(=O)N4CCCCCC4)cc3)nc2C#N)C[C@H](C)O1. The molecule has 9 heteroatoms. The van der Waals surface area contributed by atoms with Crippen molar-refractivity contribution in [3.63, 3.8) is 0 Å². The molecule has 3 heterocycles. The van der Waals surface area contributed by atoms with E-state index < -0.39 is 10.0 Å². The Bertz CT molecular complexity index is 1040. The second kappa shape index (κ2) is 8.99. The Morgan fingerprint density at radius 3 is 2.23 bits per heavy atom. The van der Waals surface area contributed by atoms with Gasteiger partial charge in [-0.1, -0.05) is 12.8 Å². The van der Waals surface area contributed by atoms with Gasteiger partial charge in [0.2, 0.25) is 27.5 Å². The fourth-order valence-electron chi connectivity index (χ4n) is 4.27. The maximum atomic E-state index is 13.0. The number of benzene rings is 1. The van der Waals surface area contributed by atoms with Crippen LogP contribution in [-0.4, -0.2) is 56.1 Å². The van der Waals surface area contributed by atoms with E-state index in [1.165, 1.54) is 0 Å². The van der Waals surface area contributed by atoms with Crippen molar-refractivity contribution in [3.05, 3.63) is 30.0 Å². The van der Waals surface area contributed by atoms with Gasteiger partial charge in [0.15, 0.2) is 0 Å². The highest BCUT2D eigenvalue weighted by atomic mass is 32.2. The lowest BCUT2D eigenvalue weighted by Gasteiger charge is -2.34. The van der Waals surface area contributed by atoms with Gasteiger partial charge in [-0.25, -0.2) is 8.42 Å². The van der Waals surface area contributed by atoms with Gasteiger partial charge in [0.25, 0.3) is 0 Å². The van der Waals surface area contributed by atoms with Gasteiger partial charge in [0.1, 0.15) is 6.07 Å². The average molecular weight is 445 g/mol. The number of nitriles is 1. The summed E-state index contributed by atoms with van der Waals surface area (Å²) in [6.45, 7) is 6.32. The summed E-state index contributed by atoms with van der Waals surface area (Å²) in [5.41, 5.74) is 0.851. The van der Waals surface area contributed by atoms with Crippen molar-refractivity contribution in [2.24, 2.45) is 0 Å². The largest absolute Gasteiger partial charge is 0.419 e. The zero-order valence-electron chi connectivity index (χ0n) is 18.0. The third kappa shape index (κ3) is 4.61. The zero-order valence-corrected chi connectivity index (χ0v) is 18.8. The van der Waals surface area contributed by atoms with Crippen LogP contribution < -0.4 is 4.90 Å². The molecule has 0 aliphatic carbocycles. The molecular weight excluding hydrogens is 416 g/mol. The molecule has 0 bridgehead atoms. The number of anilines is 1. The lowest BCUT2D eigenvalue weighted by atomic mass is 10.2. The quantitative estimate of drug-likeness (QED) is 0.712. The molecule has 2 aromatic rings. The zero-order chi connectivity index (χ0) is 22.0. The van der Waals surface area contributed by atoms with E-state index in [4.69, 9.17) is 9.15 Å². The molecule has 0 amide bonds. The monoisotopic (exact) mass is 444 g/mol. The van der Waals surface area contributed by atoms with Crippen LogP contribution in [0.3, 0.4) is 0 Å². The number of nitrogens with zero attached hydrogens (tertiary/aromatic N) is 4. The van der Waals surface area contributed by atoms with Crippen LogP contribution in [0.1, 0.15) is 45.2 Å². The summed E-state index contributed by atoms with van der Waals surface area (Å²) in [7, 11) is -3.51. The van der Waals surface area contributed by atoms with Gasteiger partial charge in [-0.05, 0) is 51.0 Å². The fraction of sp³-hybridized carbons (Fsp3) is 0.545. The maximum Gasteiger partial charge on any atom is 0.243 e. The number of sulfonamides is 1. The van der Waals surface area contributed by atoms with E-state index in [1.54, 1.807) is 28.6 Å². The second-order valence-electron chi connectivity index (χ2n) is 8.29. The Labute approximate surface area is 183 Å². The number of aromatic nitrogens is 1. The van der Waals surface area contributed by atoms with Crippen LogP contribution in [0.4, 0.5) is 5.88 Å². The molecule has 2 fully saturated rings. The summed E-state index contributed by atoms with van der Waals surface area (Å²) < 4.78 is 39.3. The van der Waals surface area contributed by atoms with Crippen LogP contribution in [0.25, 0.3) is 11.5 Å². The third-order valence-electron chi connectivity index (χ3n) is 5.73. The van der Waals surface area contributed by atoms with Crippen LogP contribution >= 0.6 is 0 Å². The molecule has 2 saturated heterocycles. The number of hydrogen-bond acceptors (Lipinski definition) is 7. The summed E-state index contributed by atoms with van der Waals surface area (Å²) in [6, 6.07) is 8.66. The van der Waals surface area contributed by atoms with Crippen molar-refractivity contribution in [2.45, 2.75) is 56.6 Å². The number of morpholine rings is 1. The first kappa shape index (κ1) is 21.8. The smallest absolute Gasteiger partial charge is 0.243 e. The summed E-state index contributed by atoms with van der Waals surface area (Å²) in [4.78, 5) is 6.59. The molecule has 2 aliphatic rings. The number of hydrogen-bond donors (Lipinski definition) is 0. The van der Waals surface area contributed by atoms with Crippen molar-refractivity contribution in [3.8, 4) is 17.5 Å². The van der Waals surface area contributed by atoms with Gasteiger partial charge in [-0.2, -0.15) is 14.6 Å². The number of rotatable bonds is 4. The molecule has 8 nitrogen and oxygen atoms in total. The maximum absolute atomic E-state index is 13.0. The van der Waals surface area contributed by atoms with E-state index in [1.807, 2.05) is 18.7 Å². The van der Waals surface area contributed by atoms with E-state index in [0.29, 0.717) is 43.5 Å². The predicted octanol–water partition coefficient (Wildman–Crippen LogP) is 3.39. The molecule has 166 valence electrons. The fourth-order valence-corrected chi connectivity index (χ4v) is 5.78. The molecule has 0 radical (unpaired) electrons. The summed E-state index contributed by atoms with van der Waals surface area (Å²) in [6.07, 6.45) is 3.97. The molecule has 4 rings (SSSR count). The minimum absolute atomic E-state index is 0.0207. The lowest BCUT2D eigenvalue weighted by Crippen LogP contribution is -2.45. The molecule has 1 aromatic heterocycles. The van der Waals surface area contributed by atoms with Crippen molar-refractivity contribution in [1.82, 2.24) is 9.29 Å². The Morgan fingerprint density at radius 1 is 1.03 bits per heavy atom. The van der Waals surface area contributed by atoms with Gasteiger partial charge >= 0.3 is 0 Å². The minimum atomic E-state index is -3.51. The number of ether oxygens (including phenoxy) is 1. The predicted molar refractivity (Wildman–Crippen MR) is 116 cm³/mol. The molecule has 2 atom stereocenters. The van der Waals surface area contributed by atoms with Gasteiger partial charge in [-0.3, -0.25) is 0 Å². The van der Waals surface area contributed by atoms with Crippen LogP contribution in [0.2, 0.25) is 0 Å². The normalized spacial score (nSPS) is 23.3. The molecular formula is C22H28N4O4S. The third-order valence-corrected chi connectivity index (χ3v) is 7.64. The van der Waals surface area contributed by atoms with Crippen LogP contribution in [-0.2, 0) is 14.8 Å². The van der Waals surface area contributed by atoms with Gasteiger partial charge < -0.3 is 14.1 Å². The lowest BCUT2D eigenvalue weighted by molar-refractivity contribution is -0.00638. The molecule has 2 aliphatic heterocycles. The Hall–Kier alpha value is -2.41. The molecule has 0 unspecified atom stereocenters. The van der Waals surface area contributed by atoms with Crippen molar-refractivity contribution < 1.29 is 17.6 Å². The minimum Gasteiger partial charge on any atom is -0.419 e. The van der Waals surface area contributed by atoms with Crippen LogP contribution in [0.15, 0.2) is 33.6 Å². The van der Waals surface area contributed by atoms with E-state index in [0.717, 1.165) is 25.7 Å². The molecule has 31 heavy (non-hydrogen) atoms. The van der Waals surface area contributed by atoms with Crippen molar-refractivity contribution in [1.29, 1.82) is 5.26 Å². The van der Waals surface area contributed by atoms with Gasteiger partial charge in [0, 0.05) is 31.7 Å². The highest BCUT2D eigenvalue weighted by Gasteiger charge is 2.29. The Kier molecular flexibility index (Phi) is 6.32. The van der Waals surface area contributed by atoms with Crippen molar-refractivity contribution >= 4 is 15.9 Å². The molecule has 0 spiro atoms. The molecule has 1 aromatic carbocycles. The number of oxazole rings is 1. The van der Waals surface area contributed by atoms with E-state index in [-0.39, 0.29) is 22.8 Å². The summed E-state index contributed by atoms with van der Waals surface area (Å²) >= 11 is 0. The van der Waals surface area contributed by atoms with Gasteiger partial charge in [0.05, 0.1) is 17.1 Å². The van der Waals surface area contributed by atoms with E-state index in [2.05, 4.69) is 11.1 Å². The second-order valence-corrected chi connectivity index (χ2v) is 10.2. The van der Waals surface area contributed by atoms with Crippen LogP contribution in [0.5, 0.6) is 0 Å². The van der Waals surface area contributed by atoms with Gasteiger partial charge in [-0.15, -0.1) is 0 Å². The highest BCUT2D eigenvalue weighted by Crippen LogP contribution is 2.31. The standard InChI is InChI=1S/C22H28N4O4S/c1-16-14-25(15-17(2)29-16)22-20(13-23)24-21(30-22)18-7-9-19(10-8-18)31(27,28)26-11-5-3-4-6-12-26/h7-10,16-17H,3-6,11-12,14-15H2,1-2H3/t16-,17-/m0/s1. The first-order valence-electron chi connectivity index (χ1n) is 10.8. The van der Waals surface area contributed by atoms with Crippen LogP contribution in [0, 0.1) is 11.3 Å². The first-order chi connectivity index (χ1) is 14.9. The summed E-state index contributed by atoms with van der Waals surface area (Å²) in [5.74, 6) is 0.734. The summed E-state index contributed by atoms with van der Waals surface area (Å²) in [5, 5.41) is 9.54. The van der Waals surface area contributed by atoms with E-state index >= 15 is 0 Å². The topological polar surface area (TPSA) is 99.7 Å². The molecule has 0 N–H and O–H groups in total. The highest BCUT2D eigenvalue weighted by molar-refractivity contribution is 7.89. The van der Waals surface area contributed by atoms with E-state index in [9.17, 15) is 13.7 Å². The average Bonchev–Trinajstić information content (AvgIpc) is 2.98. The Morgan fingerprint density at radius 2 is 1.65 bits per heavy atom. The van der Waals surface area contributed by atoms with Crippen molar-refractivity contribution in [2.75, 3.05) is 31.1 Å².